The summed E-state index contributed by atoms with van der Waals surface area (Å²) in [6, 6.07) is 0. The van der Waals surface area contributed by atoms with Crippen LogP contribution in [0.25, 0.3) is 0 Å². The normalized spacial score (nSPS) is 11.5. The van der Waals surface area contributed by atoms with Crippen molar-refractivity contribution < 1.29 is 4.58 Å². The molecule has 3 heteroatoms. The van der Waals surface area contributed by atoms with E-state index in [0.717, 1.165) is 19.5 Å². The van der Waals surface area contributed by atoms with Gasteiger partial charge in [0.15, 0.2) is 0 Å². The van der Waals surface area contributed by atoms with Crippen molar-refractivity contribution in [1.29, 1.82) is 0 Å². The van der Waals surface area contributed by atoms with Crippen LogP contribution in [0, 0.1) is 5.41 Å². The molecular formula is C12H28N3+. The molecule has 0 unspecified atom stereocenters. The van der Waals surface area contributed by atoms with Gasteiger partial charge in [-0.25, -0.2) is 0 Å². The van der Waals surface area contributed by atoms with E-state index in [0.29, 0.717) is 11.4 Å². The molecule has 90 valence electrons. The molecule has 0 fully saturated rings. The van der Waals surface area contributed by atoms with Crippen molar-refractivity contribution in [2.45, 2.75) is 53.4 Å². The van der Waals surface area contributed by atoms with Gasteiger partial charge in [-0.3, -0.25) is 16.0 Å². The molecular weight excluding hydrogens is 186 g/mol. The number of nitrogens with two attached hydrogens (primary N) is 2. The molecule has 0 amide bonds. The van der Waals surface area contributed by atoms with Gasteiger partial charge in [0.25, 0.3) is 0 Å². The Bertz CT molecular complexity index is 197. The smallest absolute Gasteiger partial charge is 0.291 e. The van der Waals surface area contributed by atoms with Gasteiger partial charge in [0, 0.05) is 0 Å². The van der Waals surface area contributed by atoms with Crippen molar-refractivity contribution in [2.75, 3.05) is 13.1 Å². The largest absolute Gasteiger partial charge is 0.341 e. The Morgan fingerprint density at radius 3 is 2.07 bits per heavy atom. The highest BCUT2D eigenvalue weighted by atomic mass is 15.1. The molecule has 0 aromatic carbocycles. The van der Waals surface area contributed by atoms with Crippen LogP contribution in [0.3, 0.4) is 0 Å². The Morgan fingerprint density at radius 2 is 1.67 bits per heavy atom. The second-order valence-electron chi connectivity index (χ2n) is 5.43. The maximum atomic E-state index is 5.61. The molecule has 0 saturated heterocycles. The fraction of sp³-hybridized carbons (Fsp3) is 0.917. The number of nitrogens with zero attached hydrogens (tertiary/aromatic N) is 1. The molecule has 0 radical (unpaired) electrons. The lowest BCUT2D eigenvalue weighted by molar-refractivity contribution is -0.530. The number of hydrogen-bond acceptors (Lipinski definition) is 0. The van der Waals surface area contributed by atoms with Crippen molar-refractivity contribution >= 4 is 5.96 Å². The van der Waals surface area contributed by atoms with Gasteiger partial charge in [-0.05, 0) is 31.1 Å². The summed E-state index contributed by atoms with van der Waals surface area (Å²) in [7, 11) is 0. The summed E-state index contributed by atoms with van der Waals surface area (Å²) < 4.78 is 2.07. The van der Waals surface area contributed by atoms with Crippen LogP contribution in [0.5, 0.6) is 0 Å². The van der Waals surface area contributed by atoms with Gasteiger partial charge in [0.05, 0.1) is 13.1 Å². The minimum atomic E-state index is 0.438. The van der Waals surface area contributed by atoms with E-state index in [9.17, 15) is 0 Å². The maximum absolute atomic E-state index is 5.61. The van der Waals surface area contributed by atoms with Crippen LogP contribution >= 0.6 is 0 Å². The van der Waals surface area contributed by atoms with Gasteiger partial charge in [-0.2, -0.15) is 0 Å². The first kappa shape index (κ1) is 14.3. The summed E-state index contributed by atoms with van der Waals surface area (Å²) in [5.41, 5.74) is 11.7. The van der Waals surface area contributed by atoms with Crippen molar-refractivity contribution in [3.05, 3.63) is 0 Å². The number of guanidine groups is 1. The van der Waals surface area contributed by atoms with E-state index in [-0.39, 0.29) is 0 Å². The summed E-state index contributed by atoms with van der Waals surface area (Å²) in [6.45, 7) is 10.9. The Kier molecular flexibility index (Phi) is 6.37. The number of unbranched alkanes of at least 4 members (excludes halogenated alkanes) is 1. The van der Waals surface area contributed by atoms with E-state index in [2.05, 4.69) is 32.3 Å². The van der Waals surface area contributed by atoms with Crippen LogP contribution in [0.15, 0.2) is 0 Å². The molecule has 0 heterocycles. The minimum absolute atomic E-state index is 0.438. The first-order valence-electron chi connectivity index (χ1n) is 5.99. The van der Waals surface area contributed by atoms with Crippen LogP contribution in [0.4, 0.5) is 0 Å². The SMILES string of the molecule is CCC[N+](CCCCC(C)(C)C)=C(N)N. The molecule has 0 aromatic heterocycles. The highest BCUT2D eigenvalue weighted by molar-refractivity contribution is 5.70. The molecule has 15 heavy (non-hydrogen) atoms. The first-order chi connectivity index (χ1) is 6.87. The molecule has 4 N–H and O–H groups in total. The van der Waals surface area contributed by atoms with Crippen LogP contribution < -0.4 is 11.5 Å². The number of rotatable bonds is 6. The van der Waals surface area contributed by atoms with E-state index < -0.39 is 0 Å². The molecule has 0 atom stereocenters. The lowest BCUT2D eigenvalue weighted by Crippen LogP contribution is -2.36. The highest BCUT2D eigenvalue weighted by Crippen LogP contribution is 2.21. The molecule has 0 aromatic rings. The maximum Gasteiger partial charge on any atom is 0.341 e. The summed E-state index contributed by atoms with van der Waals surface area (Å²) in [4.78, 5) is 0. The monoisotopic (exact) mass is 214 g/mol. The standard InChI is InChI=1S/C12H27N3/c1-5-9-15(11(13)14)10-7-6-8-12(2,3)4/h5-10H2,1-4H3,(H3,13,14)/p+1. The zero-order valence-corrected chi connectivity index (χ0v) is 10.8. The Labute approximate surface area is 94.5 Å². The van der Waals surface area contributed by atoms with Crippen LogP contribution in [0.1, 0.15) is 53.4 Å². The van der Waals surface area contributed by atoms with E-state index in [1.54, 1.807) is 0 Å². The minimum Gasteiger partial charge on any atom is -0.291 e. The summed E-state index contributed by atoms with van der Waals surface area (Å²) >= 11 is 0. The van der Waals surface area contributed by atoms with E-state index >= 15 is 0 Å². The molecule has 0 aliphatic rings. The summed E-state index contributed by atoms with van der Waals surface area (Å²) in [5.74, 6) is 0.465. The van der Waals surface area contributed by atoms with Gasteiger partial charge in [0.1, 0.15) is 0 Å². The van der Waals surface area contributed by atoms with Crippen molar-refractivity contribution in [1.82, 2.24) is 0 Å². The van der Waals surface area contributed by atoms with Crippen LogP contribution in [0.2, 0.25) is 0 Å². The van der Waals surface area contributed by atoms with Crippen LogP contribution in [-0.4, -0.2) is 23.6 Å². The third-order valence-corrected chi connectivity index (χ3v) is 2.46. The first-order valence-corrected chi connectivity index (χ1v) is 5.99. The van der Waals surface area contributed by atoms with Crippen molar-refractivity contribution in [3.8, 4) is 0 Å². The van der Waals surface area contributed by atoms with Gasteiger partial charge in [-0.15, -0.1) is 0 Å². The van der Waals surface area contributed by atoms with E-state index in [1.807, 2.05) is 0 Å². The summed E-state index contributed by atoms with van der Waals surface area (Å²) in [5, 5.41) is 0. The van der Waals surface area contributed by atoms with E-state index in [1.165, 1.54) is 19.3 Å². The van der Waals surface area contributed by atoms with Gasteiger partial charge in [-0.1, -0.05) is 27.7 Å². The zero-order valence-electron chi connectivity index (χ0n) is 10.8. The Morgan fingerprint density at radius 1 is 1.07 bits per heavy atom. The third kappa shape index (κ3) is 8.28. The van der Waals surface area contributed by atoms with E-state index in [4.69, 9.17) is 11.5 Å². The average Bonchev–Trinajstić information content (AvgIpc) is 2.08. The van der Waals surface area contributed by atoms with Gasteiger partial charge >= 0.3 is 5.96 Å². The molecule has 0 bridgehead atoms. The van der Waals surface area contributed by atoms with Gasteiger partial charge in [0.2, 0.25) is 0 Å². The van der Waals surface area contributed by atoms with Gasteiger partial charge < -0.3 is 0 Å². The topological polar surface area (TPSA) is 55.0 Å². The molecule has 0 rings (SSSR count). The molecule has 0 aliphatic carbocycles. The van der Waals surface area contributed by atoms with Crippen LogP contribution in [-0.2, 0) is 0 Å². The predicted molar refractivity (Wildman–Crippen MR) is 67.0 cm³/mol. The van der Waals surface area contributed by atoms with Crippen molar-refractivity contribution in [2.24, 2.45) is 16.9 Å². The van der Waals surface area contributed by atoms with Crippen molar-refractivity contribution in [3.63, 3.8) is 0 Å². The molecule has 0 spiro atoms. The quantitative estimate of drug-likeness (QED) is 0.307. The molecule has 3 nitrogen and oxygen atoms in total. The molecule has 0 saturated carbocycles. The zero-order chi connectivity index (χ0) is 11.9. The fourth-order valence-electron chi connectivity index (χ4n) is 1.60. The summed E-state index contributed by atoms with van der Waals surface area (Å²) in [6.07, 6.45) is 4.78. The second kappa shape index (κ2) is 6.70. The molecule has 0 aliphatic heterocycles. The average molecular weight is 214 g/mol. The lowest BCUT2D eigenvalue weighted by atomic mass is 9.90. The Hall–Kier alpha value is -0.730. The second-order valence-corrected chi connectivity index (χ2v) is 5.43. The number of hydrogen-bond donors (Lipinski definition) is 2. The lowest BCUT2D eigenvalue weighted by Gasteiger charge is -2.17. The predicted octanol–water partition coefficient (Wildman–Crippen LogP) is 1.90. The fourth-order valence-corrected chi connectivity index (χ4v) is 1.60. The third-order valence-electron chi connectivity index (χ3n) is 2.46. The highest BCUT2D eigenvalue weighted by Gasteiger charge is 2.10. The Balaban J connectivity index is 3.79.